The highest BCUT2D eigenvalue weighted by atomic mass is 16.2. The molecule has 0 aromatic carbocycles. The fourth-order valence-corrected chi connectivity index (χ4v) is 3.84. The van der Waals surface area contributed by atoms with Gasteiger partial charge in [-0.05, 0) is 55.8 Å². The number of rotatable bonds is 4. The third-order valence-electron chi connectivity index (χ3n) is 5.11. The van der Waals surface area contributed by atoms with Crippen LogP contribution >= 0.6 is 0 Å². The van der Waals surface area contributed by atoms with Crippen LogP contribution in [-0.2, 0) is 0 Å². The summed E-state index contributed by atoms with van der Waals surface area (Å²) in [4.78, 5) is 11.6. The van der Waals surface area contributed by atoms with E-state index in [0.717, 1.165) is 30.7 Å². The quantitative estimate of drug-likeness (QED) is 0.773. The largest absolute Gasteiger partial charge is 0.338 e. The van der Waals surface area contributed by atoms with Crippen molar-refractivity contribution in [2.24, 2.45) is 23.7 Å². The molecule has 0 saturated heterocycles. The molecule has 0 aromatic heterocycles. The van der Waals surface area contributed by atoms with Crippen molar-refractivity contribution in [3.63, 3.8) is 0 Å². The molecule has 17 heavy (non-hydrogen) atoms. The summed E-state index contributed by atoms with van der Waals surface area (Å²) in [6.07, 6.45) is 8.15. The van der Waals surface area contributed by atoms with Gasteiger partial charge in [0.15, 0.2) is 0 Å². The van der Waals surface area contributed by atoms with Crippen molar-refractivity contribution in [1.29, 1.82) is 0 Å². The standard InChI is InChI=1S/C14H24N2O/c1-9-6-13(9)16-14(17)15-5-4-12-8-10-2-3-11(12)7-10/h9-13H,2-8H2,1H3,(H2,15,16,17)/t9-,10+,11+,12+,13+/m1/s1. The number of fused-ring (bicyclic) bond motifs is 2. The van der Waals surface area contributed by atoms with Crippen molar-refractivity contribution in [3.8, 4) is 0 Å². The molecule has 5 atom stereocenters. The van der Waals surface area contributed by atoms with Gasteiger partial charge in [0.1, 0.15) is 0 Å². The van der Waals surface area contributed by atoms with Crippen LogP contribution in [0.5, 0.6) is 0 Å². The van der Waals surface area contributed by atoms with Crippen molar-refractivity contribution in [2.75, 3.05) is 6.54 Å². The highest BCUT2D eigenvalue weighted by molar-refractivity contribution is 5.74. The van der Waals surface area contributed by atoms with Crippen LogP contribution < -0.4 is 10.6 Å². The topological polar surface area (TPSA) is 41.1 Å². The molecule has 3 fully saturated rings. The van der Waals surface area contributed by atoms with Crippen LogP contribution in [0.3, 0.4) is 0 Å². The zero-order chi connectivity index (χ0) is 11.8. The number of amides is 2. The Hall–Kier alpha value is -0.730. The maximum absolute atomic E-state index is 11.6. The summed E-state index contributed by atoms with van der Waals surface area (Å²) >= 11 is 0. The van der Waals surface area contributed by atoms with Crippen molar-refractivity contribution in [3.05, 3.63) is 0 Å². The lowest BCUT2D eigenvalue weighted by atomic mass is 9.86. The van der Waals surface area contributed by atoms with Gasteiger partial charge in [-0.25, -0.2) is 4.79 Å². The molecule has 0 spiro atoms. The number of nitrogens with one attached hydrogen (secondary N) is 2. The van der Waals surface area contributed by atoms with Crippen LogP contribution in [0.25, 0.3) is 0 Å². The molecule has 0 aromatic rings. The summed E-state index contributed by atoms with van der Waals surface area (Å²) in [6.45, 7) is 3.04. The summed E-state index contributed by atoms with van der Waals surface area (Å²) in [5.74, 6) is 3.58. The number of carbonyl (C=O) groups is 1. The summed E-state index contributed by atoms with van der Waals surface area (Å²) in [7, 11) is 0. The molecule has 0 unspecified atom stereocenters. The SMILES string of the molecule is C[C@@H]1C[C@@H]1NC(=O)NCC[C@H]1C[C@H]2CC[C@H]1C2. The molecule has 3 saturated carbocycles. The van der Waals surface area contributed by atoms with Gasteiger partial charge >= 0.3 is 6.03 Å². The van der Waals surface area contributed by atoms with Crippen LogP contribution in [0.15, 0.2) is 0 Å². The van der Waals surface area contributed by atoms with Gasteiger partial charge in [0.05, 0.1) is 0 Å². The molecule has 0 heterocycles. The van der Waals surface area contributed by atoms with Crippen LogP contribution in [0.2, 0.25) is 0 Å². The lowest BCUT2D eigenvalue weighted by Gasteiger charge is -2.21. The highest BCUT2D eigenvalue weighted by Crippen LogP contribution is 2.49. The average Bonchev–Trinajstić information content (AvgIpc) is 2.75. The summed E-state index contributed by atoms with van der Waals surface area (Å²) in [5.41, 5.74) is 0. The first-order valence-corrected chi connectivity index (χ1v) is 7.26. The molecule has 2 N–H and O–H groups in total. The lowest BCUT2D eigenvalue weighted by Crippen LogP contribution is -2.38. The van der Waals surface area contributed by atoms with Crippen molar-refractivity contribution >= 4 is 6.03 Å². The smallest absolute Gasteiger partial charge is 0.315 e. The molecule has 3 nitrogen and oxygen atoms in total. The number of carbonyl (C=O) groups excluding carboxylic acids is 1. The van der Waals surface area contributed by atoms with E-state index in [1.54, 1.807) is 0 Å². The van der Waals surface area contributed by atoms with E-state index in [0.29, 0.717) is 12.0 Å². The minimum Gasteiger partial charge on any atom is -0.338 e. The molecule has 2 amide bonds. The first-order chi connectivity index (χ1) is 8.22. The summed E-state index contributed by atoms with van der Waals surface area (Å²) in [5, 5.41) is 6.02. The van der Waals surface area contributed by atoms with Gasteiger partial charge in [-0.3, -0.25) is 0 Å². The first kappa shape index (κ1) is 11.4. The second kappa shape index (κ2) is 4.51. The van der Waals surface area contributed by atoms with Gasteiger partial charge in [-0.1, -0.05) is 13.3 Å². The monoisotopic (exact) mass is 236 g/mol. The molecular formula is C14H24N2O. The molecule has 0 radical (unpaired) electrons. The van der Waals surface area contributed by atoms with Crippen LogP contribution in [-0.4, -0.2) is 18.6 Å². The Morgan fingerprint density at radius 1 is 1.24 bits per heavy atom. The Morgan fingerprint density at radius 2 is 2.06 bits per heavy atom. The number of hydrogen-bond donors (Lipinski definition) is 2. The van der Waals surface area contributed by atoms with E-state index in [4.69, 9.17) is 0 Å². The molecule has 0 aliphatic heterocycles. The maximum Gasteiger partial charge on any atom is 0.315 e. The fourth-order valence-electron chi connectivity index (χ4n) is 3.84. The Bertz CT molecular complexity index is 305. The van der Waals surface area contributed by atoms with E-state index in [9.17, 15) is 4.79 Å². The Kier molecular flexibility index (Phi) is 3.01. The summed E-state index contributed by atoms with van der Waals surface area (Å²) < 4.78 is 0. The third kappa shape index (κ3) is 2.58. The zero-order valence-corrected chi connectivity index (χ0v) is 10.7. The molecule has 3 rings (SSSR count). The molecule has 3 aliphatic rings. The minimum atomic E-state index is 0.0440. The van der Waals surface area contributed by atoms with E-state index in [2.05, 4.69) is 17.6 Å². The van der Waals surface area contributed by atoms with Gasteiger partial charge in [-0.2, -0.15) is 0 Å². The maximum atomic E-state index is 11.6. The zero-order valence-electron chi connectivity index (χ0n) is 10.7. The number of urea groups is 1. The van der Waals surface area contributed by atoms with Gasteiger partial charge in [0, 0.05) is 12.6 Å². The lowest BCUT2D eigenvalue weighted by molar-refractivity contribution is 0.237. The van der Waals surface area contributed by atoms with Gasteiger partial charge in [0.2, 0.25) is 0 Å². The minimum absolute atomic E-state index is 0.0440. The molecule has 3 aliphatic carbocycles. The third-order valence-corrected chi connectivity index (χ3v) is 5.11. The Labute approximate surface area is 104 Å². The highest BCUT2D eigenvalue weighted by Gasteiger charge is 2.39. The second-order valence-electron chi connectivity index (χ2n) is 6.44. The molecule has 3 heteroatoms. The van der Waals surface area contributed by atoms with E-state index in [-0.39, 0.29) is 6.03 Å². The van der Waals surface area contributed by atoms with Crippen molar-refractivity contribution in [1.82, 2.24) is 10.6 Å². The Balaban J connectivity index is 1.31. The molecule has 2 bridgehead atoms. The second-order valence-corrected chi connectivity index (χ2v) is 6.44. The van der Waals surface area contributed by atoms with Gasteiger partial charge in [0.25, 0.3) is 0 Å². The molecular weight excluding hydrogens is 212 g/mol. The molecule has 96 valence electrons. The predicted octanol–water partition coefficient (Wildman–Crippen LogP) is 2.52. The average molecular weight is 236 g/mol. The van der Waals surface area contributed by atoms with Crippen LogP contribution in [0.4, 0.5) is 4.79 Å². The summed E-state index contributed by atoms with van der Waals surface area (Å²) in [6, 6.07) is 0.486. The van der Waals surface area contributed by atoms with Gasteiger partial charge < -0.3 is 10.6 Å². The van der Waals surface area contributed by atoms with E-state index >= 15 is 0 Å². The van der Waals surface area contributed by atoms with Gasteiger partial charge in [-0.15, -0.1) is 0 Å². The number of hydrogen-bond acceptors (Lipinski definition) is 1. The van der Waals surface area contributed by atoms with Crippen LogP contribution in [0.1, 0.15) is 45.4 Å². The van der Waals surface area contributed by atoms with Crippen molar-refractivity contribution in [2.45, 2.75) is 51.5 Å². The van der Waals surface area contributed by atoms with E-state index in [1.165, 1.54) is 32.1 Å². The van der Waals surface area contributed by atoms with Crippen molar-refractivity contribution < 1.29 is 4.79 Å². The first-order valence-electron chi connectivity index (χ1n) is 7.26. The fraction of sp³-hybridized carbons (Fsp3) is 0.929. The van der Waals surface area contributed by atoms with Crippen LogP contribution in [0, 0.1) is 23.7 Å². The van der Waals surface area contributed by atoms with E-state index < -0.39 is 0 Å². The Morgan fingerprint density at radius 3 is 2.65 bits per heavy atom. The predicted molar refractivity (Wildman–Crippen MR) is 67.7 cm³/mol. The van der Waals surface area contributed by atoms with E-state index in [1.807, 2.05) is 0 Å². The normalized spacial score (nSPS) is 42.5.